The van der Waals surface area contributed by atoms with E-state index in [1.807, 2.05) is 67.6 Å². The highest BCUT2D eigenvalue weighted by molar-refractivity contribution is 7.89. The van der Waals surface area contributed by atoms with Crippen molar-refractivity contribution in [3.05, 3.63) is 77.9 Å². The highest BCUT2D eigenvalue weighted by Crippen LogP contribution is 2.32. The smallest absolute Gasteiger partial charge is 0.240 e. The molecule has 1 fully saturated rings. The van der Waals surface area contributed by atoms with E-state index in [2.05, 4.69) is 20.2 Å². The summed E-state index contributed by atoms with van der Waals surface area (Å²) in [5.41, 5.74) is 4.09. The largest absolute Gasteiger partial charge is 0.377 e. The molecular weight excluding hydrogens is 460 g/mol. The molecule has 35 heavy (non-hydrogen) atoms. The van der Waals surface area contributed by atoms with E-state index in [1.165, 1.54) is 5.56 Å². The van der Waals surface area contributed by atoms with Crippen LogP contribution in [0, 0.1) is 13.8 Å². The lowest BCUT2D eigenvalue weighted by Crippen LogP contribution is -2.32. The lowest BCUT2D eigenvalue weighted by molar-refractivity contribution is 0.114. The molecule has 0 saturated carbocycles. The molecule has 1 aliphatic rings. The number of benzene rings is 3. The molecule has 1 aromatic heterocycles. The summed E-state index contributed by atoms with van der Waals surface area (Å²) in [6.07, 6.45) is 1.75. The van der Waals surface area contributed by atoms with Crippen LogP contribution in [0.15, 0.2) is 71.6 Å². The van der Waals surface area contributed by atoms with E-state index >= 15 is 0 Å². The van der Waals surface area contributed by atoms with Gasteiger partial charge in [0.05, 0.1) is 11.0 Å². The predicted octanol–water partition coefficient (Wildman–Crippen LogP) is 5.11. The van der Waals surface area contributed by atoms with Gasteiger partial charge in [-0.3, -0.25) is 0 Å². The van der Waals surface area contributed by atoms with Crippen LogP contribution in [0.2, 0.25) is 0 Å². The summed E-state index contributed by atoms with van der Waals surface area (Å²) in [7, 11) is -3.71. The van der Waals surface area contributed by atoms with Gasteiger partial charge in [0.2, 0.25) is 10.0 Å². The number of hydrogen-bond acceptors (Lipinski definition) is 6. The minimum absolute atomic E-state index is 0.0725. The van der Waals surface area contributed by atoms with Gasteiger partial charge in [-0.15, -0.1) is 10.2 Å². The summed E-state index contributed by atoms with van der Waals surface area (Å²) in [5.74, 6) is 0.645. The van der Waals surface area contributed by atoms with E-state index in [0.29, 0.717) is 29.2 Å². The maximum Gasteiger partial charge on any atom is 0.240 e. The van der Waals surface area contributed by atoms with Gasteiger partial charge in [-0.25, -0.2) is 13.1 Å². The topological polar surface area (TPSA) is 93.2 Å². The van der Waals surface area contributed by atoms with Gasteiger partial charge >= 0.3 is 0 Å². The Hall–Kier alpha value is -3.33. The number of anilines is 2. The van der Waals surface area contributed by atoms with Gasteiger partial charge in [-0.2, -0.15) is 0 Å². The van der Waals surface area contributed by atoms with Crippen LogP contribution in [0.25, 0.3) is 22.0 Å². The second kappa shape index (κ2) is 9.73. The number of fused-ring (bicyclic) bond motifs is 1. The highest BCUT2D eigenvalue weighted by Gasteiger charge is 2.23. The molecule has 180 valence electrons. The van der Waals surface area contributed by atoms with Crippen molar-refractivity contribution < 1.29 is 13.2 Å². The number of nitrogens with zero attached hydrogens (tertiary/aromatic N) is 2. The molecule has 0 radical (unpaired) electrons. The van der Waals surface area contributed by atoms with Gasteiger partial charge < -0.3 is 10.1 Å². The molecule has 5 rings (SSSR count). The molecule has 4 aromatic rings. The molecule has 2 N–H and O–H groups in total. The van der Waals surface area contributed by atoms with Crippen molar-refractivity contribution in [1.82, 2.24) is 14.9 Å². The normalized spacial score (nSPS) is 16.0. The number of sulfonamides is 1. The predicted molar refractivity (Wildman–Crippen MR) is 138 cm³/mol. The lowest BCUT2D eigenvalue weighted by Gasteiger charge is -2.15. The Morgan fingerprint density at radius 2 is 1.74 bits per heavy atom. The van der Waals surface area contributed by atoms with Crippen molar-refractivity contribution >= 4 is 32.3 Å². The summed E-state index contributed by atoms with van der Waals surface area (Å²) < 4.78 is 34.5. The molecule has 2 heterocycles. The van der Waals surface area contributed by atoms with E-state index in [-0.39, 0.29) is 17.5 Å². The Morgan fingerprint density at radius 1 is 0.971 bits per heavy atom. The summed E-state index contributed by atoms with van der Waals surface area (Å²) in [6, 6.07) is 21.3. The van der Waals surface area contributed by atoms with Crippen molar-refractivity contribution in [1.29, 1.82) is 0 Å². The molecule has 1 atom stereocenters. The van der Waals surface area contributed by atoms with Crippen LogP contribution in [0.1, 0.15) is 24.0 Å². The summed E-state index contributed by atoms with van der Waals surface area (Å²) in [4.78, 5) is 0.237. The number of nitrogens with one attached hydrogen (secondary N) is 2. The van der Waals surface area contributed by atoms with Crippen molar-refractivity contribution in [2.24, 2.45) is 0 Å². The zero-order valence-corrected chi connectivity index (χ0v) is 20.6. The molecule has 7 nitrogen and oxygen atoms in total. The van der Waals surface area contributed by atoms with Crippen LogP contribution in [-0.4, -0.2) is 37.9 Å². The van der Waals surface area contributed by atoms with Crippen LogP contribution in [0.4, 0.5) is 11.5 Å². The van der Waals surface area contributed by atoms with Gasteiger partial charge in [0.25, 0.3) is 0 Å². The Bertz CT molecular complexity index is 1460. The number of aromatic nitrogens is 2. The van der Waals surface area contributed by atoms with Gasteiger partial charge in [0.15, 0.2) is 5.82 Å². The van der Waals surface area contributed by atoms with E-state index in [0.717, 1.165) is 29.3 Å². The van der Waals surface area contributed by atoms with Crippen LogP contribution >= 0.6 is 0 Å². The van der Waals surface area contributed by atoms with E-state index in [9.17, 15) is 8.42 Å². The molecule has 0 spiro atoms. The van der Waals surface area contributed by atoms with E-state index in [4.69, 9.17) is 4.74 Å². The number of aryl methyl sites for hydroxylation is 2. The monoisotopic (exact) mass is 488 g/mol. The number of hydrogen-bond donors (Lipinski definition) is 2. The molecule has 0 amide bonds. The lowest BCUT2D eigenvalue weighted by atomic mass is 10.0. The summed E-state index contributed by atoms with van der Waals surface area (Å²) in [6.45, 7) is 4.79. The zero-order chi connectivity index (χ0) is 24.4. The van der Waals surface area contributed by atoms with Gasteiger partial charge in [0, 0.05) is 35.2 Å². The average Bonchev–Trinajstić information content (AvgIpc) is 3.39. The average molecular weight is 489 g/mol. The molecule has 0 bridgehead atoms. The molecule has 8 heteroatoms. The third kappa shape index (κ3) is 5.05. The Balaban J connectivity index is 1.50. The van der Waals surface area contributed by atoms with E-state index in [1.54, 1.807) is 13.0 Å². The van der Waals surface area contributed by atoms with Crippen molar-refractivity contribution in [2.45, 2.75) is 37.7 Å². The second-order valence-electron chi connectivity index (χ2n) is 8.90. The minimum Gasteiger partial charge on any atom is -0.377 e. The first-order valence-electron chi connectivity index (χ1n) is 11.7. The molecule has 1 saturated heterocycles. The molecule has 0 unspecified atom stereocenters. The first-order chi connectivity index (χ1) is 16.9. The summed E-state index contributed by atoms with van der Waals surface area (Å²) in [5, 5.41) is 14.1. The highest BCUT2D eigenvalue weighted by atomic mass is 32.2. The fourth-order valence-electron chi connectivity index (χ4n) is 4.31. The van der Waals surface area contributed by atoms with Crippen LogP contribution in [0.5, 0.6) is 0 Å². The maximum atomic E-state index is 13.1. The summed E-state index contributed by atoms with van der Waals surface area (Å²) >= 11 is 0. The van der Waals surface area contributed by atoms with E-state index < -0.39 is 10.0 Å². The number of ether oxygens (including phenoxy) is 1. The first-order valence-corrected chi connectivity index (χ1v) is 13.2. The second-order valence-corrected chi connectivity index (χ2v) is 10.6. The minimum atomic E-state index is -3.71. The fourth-order valence-corrected chi connectivity index (χ4v) is 5.64. The maximum absolute atomic E-state index is 13.1. The quantitative estimate of drug-likeness (QED) is 0.375. The third-order valence-corrected chi connectivity index (χ3v) is 7.84. The molecule has 1 aliphatic heterocycles. The molecular formula is C27H28N4O3S. The van der Waals surface area contributed by atoms with Gasteiger partial charge in [-0.05, 0) is 50.5 Å². The Morgan fingerprint density at radius 3 is 2.49 bits per heavy atom. The van der Waals surface area contributed by atoms with Gasteiger partial charge in [-0.1, -0.05) is 54.1 Å². The van der Waals surface area contributed by atoms with Crippen LogP contribution in [0.3, 0.4) is 0 Å². The van der Waals surface area contributed by atoms with Crippen molar-refractivity contribution in [2.75, 3.05) is 18.5 Å². The third-order valence-electron chi connectivity index (χ3n) is 6.28. The zero-order valence-electron chi connectivity index (χ0n) is 19.8. The molecule has 3 aromatic carbocycles. The van der Waals surface area contributed by atoms with Crippen LogP contribution in [-0.2, 0) is 14.8 Å². The van der Waals surface area contributed by atoms with Crippen molar-refractivity contribution in [3.8, 4) is 11.3 Å². The van der Waals surface area contributed by atoms with Crippen LogP contribution < -0.4 is 10.0 Å². The SMILES string of the molecule is Cc1ccc(Nc2nnc(-c3ccc(C)c(S(=O)(=O)NC[C@@H]4CCCO4)c3)c3ccccc23)cc1. The first kappa shape index (κ1) is 23.4. The Kier molecular flexibility index (Phi) is 6.51. The fraction of sp³-hybridized carbons (Fsp3) is 0.259. The standard InChI is InChI=1S/C27H28N4O3S/c1-18-9-13-21(14-10-18)29-27-24-8-4-3-7-23(24)26(30-31-27)20-12-11-19(2)25(16-20)35(32,33)28-17-22-6-5-15-34-22/h3-4,7-14,16,22,28H,5-6,15,17H2,1-2H3,(H,29,31)/t22-/m0/s1. The molecule has 0 aliphatic carbocycles. The Labute approximate surface area is 205 Å². The van der Waals surface area contributed by atoms with Crippen molar-refractivity contribution in [3.63, 3.8) is 0 Å². The number of rotatable bonds is 7. The van der Waals surface area contributed by atoms with Gasteiger partial charge in [0.1, 0.15) is 5.69 Å².